The van der Waals surface area contributed by atoms with Crippen LogP contribution < -0.4 is 5.32 Å². The van der Waals surface area contributed by atoms with Crippen LogP contribution in [-0.4, -0.2) is 43.6 Å². The molecule has 104 valence electrons. The van der Waals surface area contributed by atoms with E-state index in [4.69, 9.17) is 16.3 Å². The maximum Gasteiger partial charge on any atom is 0.236 e. The van der Waals surface area contributed by atoms with Crippen LogP contribution in [-0.2, 0) is 9.53 Å². The summed E-state index contributed by atoms with van der Waals surface area (Å²) < 4.78 is 5.82. The van der Waals surface area contributed by atoms with Gasteiger partial charge < -0.3 is 15.0 Å². The van der Waals surface area contributed by atoms with Crippen molar-refractivity contribution in [3.8, 4) is 0 Å². The minimum atomic E-state index is -0.147. The van der Waals surface area contributed by atoms with E-state index in [1.807, 2.05) is 36.1 Å². The fraction of sp³-hybridized carbons (Fsp3) is 0.500. The van der Waals surface area contributed by atoms with Gasteiger partial charge in [-0.05, 0) is 20.0 Å². The minimum Gasteiger partial charge on any atom is -0.369 e. The summed E-state index contributed by atoms with van der Waals surface area (Å²) in [5.41, 5.74) is 0.943. The van der Waals surface area contributed by atoms with E-state index < -0.39 is 0 Å². The molecule has 1 aliphatic rings. The Balaban J connectivity index is 2.13. The zero-order chi connectivity index (χ0) is 13.8. The van der Waals surface area contributed by atoms with Gasteiger partial charge in [0.25, 0.3) is 0 Å². The van der Waals surface area contributed by atoms with Crippen molar-refractivity contribution < 1.29 is 9.53 Å². The van der Waals surface area contributed by atoms with Gasteiger partial charge in [0.05, 0.1) is 25.7 Å². The molecule has 1 saturated heterocycles. The van der Waals surface area contributed by atoms with Crippen LogP contribution in [0.25, 0.3) is 0 Å². The van der Waals surface area contributed by atoms with Crippen molar-refractivity contribution >= 4 is 17.5 Å². The number of ether oxygens (including phenoxy) is 1. The predicted molar refractivity (Wildman–Crippen MR) is 75.2 cm³/mol. The number of nitrogens with zero attached hydrogens (tertiary/aromatic N) is 1. The van der Waals surface area contributed by atoms with E-state index in [0.717, 1.165) is 5.56 Å². The molecule has 1 heterocycles. The number of halogens is 1. The molecule has 19 heavy (non-hydrogen) atoms. The first-order valence-corrected chi connectivity index (χ1v) is 6.81. The summed E-state index contributed by atoms with van der Waals surface area (Å²) in [5, 5.41) is 3.58. The molecule has 1 N–H and O–H groups in total. The van der Waals surface area contributed by atoms with Crippen LogP contribution in [0.2, 0.25) is 5.02 Å². The van der Waals surface area contributed by atoms with Gasteiger partial charge in [-0.25, -0.2) is 0 Å². The fourth-order valence-corrected chi connectivity index (χ4v) is 2.54. The quantitative estimate of drug-likeness (QED) is 0.920. The normalized spacial score (nSPS) is 23.4. The summed E-state index contributed by atoms with van der Waals surface area (Å²) in [6, 6.07) is 7.71. The summed E-state index contributed by atoms with van der Waals surface area (Å²) >= 11 is 6.19. The Morgan fingerprint density at radius 2 is 2.26 bits per heavy atom. The highest BCUT2D eigenvalue weighted by atomic mass is 35.5. The Kier molecular flexibility index (Phi) is 4.80. The molecular weight excluding hydrogens is 264 g/mol. The Morgan fingerprint density at radius 1 is 1.53 bits per heavy atom. The number of hydrogen-bond donors (Lipinski definition) is 1. The molecule has 2 rings (SSSR count). The van der Waals surface area contributed by atoms with Crippen LogP contribution in [0, 0.1) is 0 Å². The molecule has 0 radical (unpaired) electrons. The second kappa shape index (κ2) is 6.37. The predicted octanol–water partition coefficient (Wildman–Crippen LogP) is 1.85. The number of morpholine rings is 1. The monoisotopic (exact) mass is 282 g/mol. The molecule has 1 fully saturated rings. The van der Waals surface area contributed by atoms with Gasteiger partial charge in [0.1, 0.15) is 6.10 Å². The first-order chi connectivity index (χ1) is 9.13. The number of amides is 1. The van der Waals surface area contributed by atoms with E-state index >= 15 is 0 Å². The summed E-state index contributed by atoms with van der Waals surface area (Å²) in [5.74, 6) is 0.0929. The van der Waals surface area contributed by atoms with Crippen molar-refractivity contribution in [3.05, 3.63) is 34.9 Å². The lowest BCUT2D eigenvalue weighted by Crippen LogP contribution is -2.50. The van der Waals surface area contributed by atoms with Crippen LogP contribution in [0.4, 0.5) is 0 Å². The highest BCUT2D eigenvalue weighted by Gasteiger charge is 2.30. The number of rotatable bonds is 3. The van der Waals surface area contributed by atoms with Crippen molar-refractivity contribution in [1.29, 1.82) is 0 Å². The zero-order valence-electron chi connectivity index (χ0n) is 11.2. The lowest BCUT2D eigenvalue weighted by atomic mass is 10.1. The molecule has 0 bridgehead atoms. The van der Waals surface area contributed by atoms with Gasteiger partial charge >= 0.3 is 0 Å². The highest BCUT2D eigenvalue weighted by Crippen LogP contribution is 2.29. The van der Waals surface area contributed by atoms with E-state index in [0.29, 0.717) is 24.7 Å². The third-order valence-electron chi connectivity index (χ3n) is 3.33. The SMILES string of the molecule is CNCC(=O)N1C[C@H](c2ccccc2Cl)OC[C@H]1C. The average molecular weight is 283 g/mol. The van der Waals surface area contributed by atoms with Gasteiger partial charge in [0, 0.05) is 10.6 Å². The number of hydrogen-bond acceptors (Lipinski definition) is 3. The summed E-state index contributed by atoms with van der Waals surface area (Å²) in [6.07, 6.45) is -0.147. The van der Waals surface area contributed by atoms with Crippen molar-refractivity contribution in [2.24, 2.45) is 0 Å². The first kappa shape index (κ1) is 14.3. The van der Waals surface area contributed by atoms with Crippen molar-refractivity contribution in [3.63, 3.8) is 0 Å². The van der Waals surface area contributed by atoms with Crippen LogP contribution >= 0.6 is 11.6 Å². The van der Waals surface area contributed by atoms with E-state index in [1.54, 1.807) is 7.05 Å². The van der Waals surface area contributed by atoms with E-state index in [9.17, 15) is 4.79 Å². The molecule has 0 saturated carbocycles. The standard InChI is InChI=1S/C14H19ClN2O2/c1-10-9-19-13(8-17(10)14(18)7-16-2)11-5-3-4-6-12(11)15/h3-6,10,13,16H,7-9H2,1-2H3/t10-,13-/m1/s1. The van der Waals surface area contributed by atoms with Crippen LogP contribution in [0.15, 0.2) is 24.3 Å². The number of nitrogens with one attached hydrogen (secondary N) is 1. The third-order valence-corrected chi connectivity index (χ3v) is 3.68. The Bertz CT molecular complexity index is 453. The molecule has 1 amide bonds. The van der Waals surface area contributed by atoms with Crippen LogP contribution in [0.5, 0.6) is 0 Å². The molecule has 0 unspecified atom stereocenters. The Hall–Kier alpha value is -1.10. The fourth-order valence-electron chi connectivity index (χ4n) is 2.28. The van der Waals surface area contributed by atoms with Gasteiger partial charge in [0.15, 0.2) is 0 Å². The van der Waals surface area contributed by atoms with Crippen LogP contribution in [0.1, 0.15) is 18.6 Å². The van der Waals surface area contributed by atoms with Crippen molar-refractivity contribution in [2.75, 3.05) is 26.7 Å². The number of carbonyl (C=O) groups is 1. The molecular formula is C14H19ClN2O2. The molecule has 1 aromatic rings. The van der Waals surface area contributed by atoms with E-state index in [-0.39, 0.29) is 18.1 Å². The lowest BCUT2D eigenvalue weighted by Gasteiger charge is -2.38. The topological polar surface area (TPSA) is 41.6 Å². The highest BCUT2D eigenvalue weighted by molar-refractivity contribution is 6.31. The maximum absolute atomic E-state index is 12.0. The maximum atomic E-state index is 12.0. The van der Waals surface area contributed by atoms with Crippen LogP contribution in [0.3, 0.4) is 0 Å². The second-order valence-electron chi connectivity index (χ2n) is 4.77. The van der Waals surface area contributed by atoms with E-state index in [2.05, 4.69) is 5.32 Å². The van der Waals surface area contributed by atoms with Gasteiger partial charge in [-0.1, -0.05) is 29.8 Å². The molecule has 2 atom stereocenters. The number of benzene rings is 1. The molecule has 4 nitrogen and oxygen atoms in total. The first-order valence-electron chi connectivity index (χ1n) is 6.43. The molecule has 0 aliphatic carbocycles. The van der Waals surface area contributed by atoms with Gasteiger partial charge in [0.2, 0.25) is 5.91 Å². The summed E-state index contributed by atoms with van der Waals surface area (Å²) in [6.45, 7) is 3.42. The molecule has 1 aromatic carbocycles. The Labute approximate surface area is 118 Å². The minimum absolute atomic E-state index is 0.0929. The average Bonchev–Trinajstić information content (AvgIpc) is 2.40. The third kappa shape index (κ3) is 3.26. The zero-order valence-corrected chi connectivity index (χ0v) is 12.0. The largest absolute Gasteiger partial charge is 0.369 e. The summed E-state index contributed by atoms with van der Waals surface area (Å²) in [4.78, 5) is 13.9. The van der Waals surface area contributed by atoms with Crippen molar-refractivity contribution in [2.45, 2.75) is 19.1 Å². The summed E-state index contributed by atoms with van der Waals surface area (Å²) in [7, 11) is 1.77. The molecule has 0 spiro atoms. The van der Waals surface area contributed by atoms with Crippen molar-refractivity contribution in [1.82, 2.24) is 10.2 Å². The van der Waals surface area contributed by atoms with Gasteiger partial charge in [-0.3, -0.25) is 4.79 Å². The smallest absolute Gasteiger partial charge is 0.236 e. The Morgan fingerprint density at radius 3 is 2.95 bits per heavy atom. The number of likely N-dealkylation sites (N-methyl/N-ethyl adjacent to an activating group) is 1. The van der Waals surface area contributed by atoms with Gasteiger partial charge in [-0.2, -0.15) is 0 Å². The molecule has 5 heteroatoms. The van der Waals surface area contributed by atoms with E-state index in [1.165, 1.54) is 0 Å². The molecule has 0 aromatic heterocycles. The lowest BCUT2D eigenvalue weighted by molar-refractivity contribution is -0.143. The number of carbonyl (C=O) groups excluding carboxylic acids is 1. The molecule has 1 aliphatic heterocycles. The second-order valence-corrected chi connectivity index (χ2v) is 5.18. The van der Waals surface area contributed by atoms with Gasteiger partial charge in [-0.15, -0.1) is 0 Å².